The largest absolute Gasteiger partial charge is 0.495 e. The van der Waals surface area contributed by atoms with Gasteiger partial charge in [-0.3, -0.25) is 9.47 Å². The van der Waals surface area contributed by atoms with Gasteiger partial charge in [0.2, 0.25) is 4.77 Å². The van der Waals surface area contributed by atoms with Crippen molar-refractivity contribution in [3.63, 3.8) is 0 Å². The number of methoxy groups -OCH3 is 1. The minimum absolute atomic E-state index is 0.0210. The first-order valence-electron chi connectivity index (χ1n) is 7.97. The lowest BCUT2D eigenvalue weighted by Crippen LogP contribution is -2.42. The summed E-state index contributed by atoms with van der Waals surface area (Å²) in [5, 5.41) is 4.25. The van der Waals surface area contributed by atoms with E-state index in [2.05, 4.69) is 5.10 Å². The van der Waals surface area contributed by atoms with Gasteiger partial charge in [0, 0.05) is 6.54 Å². The lowest BCUT2D eigenvalue weighted by atomic mass is 9.98. The Morgan fingerprint density at radius 3 is 2.80 bits per heavy atom. The molecule has 1 saturated heterocycles. The molecule has 0 spiro atoms. The summed E-state index contributed by atoms with van der Waals surface area (Å²) in [7, 11) is 1.57. The fraction of sp³-hybridized carbons (Fsp3) is 0.500. The van der Waals surface area contributed by atoms with E-state index in [1.54, 1.807) is 27.6 Å². The molecule has 136 valence electrons. The third-order valence-corrected chi connectivity index (χ3v) is 4.79. The van der Waals surface area contributed by atoms with Crippen LogP contribution in [0, 0.1) is 10.7 Å². The molecule has 1 aliphatic rings. The molecule has 0 amide bonds. The summed E-state index contributed by atoms with van der Waals surface area (Å²) >= 11 is 5.45. The average molecular weight is 372 g/mol. The number of benzene rings is 1. The Morgan fingerprint density at radius 1 is 1.32 bits per heavy atom. The zero-order valence-corrected chi connectivity index (χ0v) is 14.6. The van der Waals surface area contributed by atoms with Crippen LogP contribution in [0.2, 0.25) is 0 Å². The zero-order valence-electron chi connectivity index (χ0n) is 13.7. The van der Waals surface area contributed by atoms with E-state index in [9.17, 15) is 13.2 Å². The van der Waals surface area contributed by atoms with Crippen LogP contribution in [0.3, 0.4) is 0 Å². The summed E-state index contributed by atoms with van der Waals surface area (Å²) in [6, 6.07) is 7.37. The highest BCUT2D eigenvalue weighted by molar-refractivity contribution is 7.71. The predicted octanol–water partition coefficient (Wildman–Crippen LogP) is 3.64. The maximum atomic E-state index is 13.0. The minimum atomic E-state index is -4.16. The molecule has 0 N–H and O–H groups in total. The summed E-state index contributed by atoms with van der Waals surface area (Å²) in [6.07, 6.45) is -1.89. The molecule has 9 heteroatoms. The number of rotatable bonds is 4. The van der Waals surface area contributed by atoms with E-state index in [-0.39, 0.29) is 19.6 Å². The molecule has 25 heavy (non-hydrogen) atoms. The molecule has 1 aliphatic heterocycles. The second kappa shape index (κ2) is 7.17. The molecule has 1 aromatic heterocycles. The van der Waals surface area contributed by atoms with Crippen molar-refractivity contribution >= 4 is 12.2 Å². The van der Waals surface area contributed by atoms with E-state index < -0.39 is 12.1 Å². The first kappa shape index (κ1) is 17.9. The van der Waals surface area contributed by atoms with E-state index >= 15 is 0 Å². The van der Waals surface area contributed by atoms with Crippen LogP contribution in [0.5, 0.6) is 5.75 Å². The fourth-order valence-corrected chi connectivity index (χ4v) is 3.32. The average Bonchev–Trinajstić information content (AvgIpc) is 2.95. The number of alkyl halides is 3. The minimum Gasteiger partial charge on any atom is -0.495 e. The van der Waals surface area contributed by atoms with Crippen LogP contribution in [0.25, 0.3) is 5.69 Å². The van der Waals surface area contributed by atoms with Crippen molar-refractivity contribution in [1.29, 1.82) is 0 Å². The molecule has 3 rings (SSSR count). The molecule has 2 aromatic rings. The number of aromatic nitrogens is 3. The smallest absolute Gasteiger partial charge is 0.393 e. The maximum absolute atomic E-state index is 13.0. The third-order valence-electron chi connectivity index (χ3n) is 4.38. The molecule has 1 unspecified atom stereocenters. The van der Waals surface area contributed by atoms with Crippen LogP contribution in [-0.2, 0) is 6.67 Å². The number of nitrogens with zero attached hydrogens (tertiary/aromatic N) is 4. The number of piperidine rings is 1. The Morgan fingerprint density at radius 2 is 2.08 bits per heavy atom. The fourth-order valence-electron chi connectivity index (χ4n) is 3.07. The van der Waals surface area contributed by atoms with Gasteiger partial charge >= 0.3 is 6.18 Å². The Balaban J connectivity index is 1.79. The van der Waals surface area contributed by atoms with Gasteiger partial charge in [-0.2, -0.15) is 18.3 Å². The molecule has 0 radical (unpaired) electrons. The van der Waals surface area contributed by atoms with E-state index in [0.717, 1.165) is 5.69 Å². The Labute approximate surface area is 148 Å². The molecule has 0 aliphatic carbocycles. The Bertz CT molecular complexity index is 786. The molecule has 1 aromatic carbocycles. The second-order valence-corrected chi connectivity index (χ2v) is 6.42. The number of halogens is 3. The summed E-state index contributed by atoms with van der Waals surface area (Å²) in [4.78, 5) is 1.75. The highest BCUT2D eigenvalue weighted by Crippen LogP contribution is 2.33. The van der Waals surface area contributed by atoms with Gasteiger partial charge in [-0.25, -0.2) is 4.68 Å². The second-order valence-electron chi connectivity index (χ2n) is 6.05. The van der Waals surface area contributed by atoms with Gasteiger partial charge < -0.3 is 4.74 Å². The first-order chi connectivity index (χ1) is 11.9. The zero-order chi connectivity index (χ0) is 18.0. The number of ether oxygens (including phenoxy) is 1. The van der Waals surface area contributed by atoms with E-state index in [1.165, 1.54) is 0 Å². The number of hydrogen-bond acceptors (Lipinski definition) is 4. The summed E-state index contributed by atoms with van der Waals surface area (Å²) in [5.74, 6) is -0.639. The highest BCUT2D eigenvalue weighted by Gasteiger charge is 2.41. The normalized spacial score (nSPS) is 19.1. The summed E-state index contributed by atoms with van der Waals surface area (Å²) < 4.78 is 47.8. The maximum Gasteiger partial charge on any atom is 0.393 e. The third kappa shape index (κ3) is 3.87. The quantitative estimate of drug-likeness (QED) is 0.768. The molecular weight excluding hydrogens is 353 g/mol. The van der Waals surface area contributed by atoms with Gasteiger partial charge in [-0.1, -0.05) is 12.1 Å². The van der Waals surface area contributed by atoms with Gasteiger partial charge in [-0.15, -0.1) is 0 Å². The van der Waals surface area contributed by atoms with Crippen molar-refractivity contribution in [3.05, 3.63) is 35.4 Å². The summed E-state index contributed by atoms with van der Waals surface area (Å²) in [6.45, 7) is 0.830. The monoisotopic (exact) mass is 372 g/mol. The molecule has 1 atom stereocenters. The van der Waals surface area contributed by atoms with Crippen molar-refractivity contribution in [2.24, 2.45) is 5.92 Å². The van der Waals surface area contributed by atoms with Crippen LogP contribution in [-0.4, -0.2) is 45.6 Å². The molecular formula is C16H19F3N4OS. The number of likely N-dealkylation sites (tertiary alicyclic amines) is 1. The SMILES string of the molecule is COc1ccccc1-n1cnn(CN2CCCC(C(F)(F)F)C2)c1=S. The van der Waals surface area contributed by atoms with Gasteiger partial charge in [0.05, 0.1) is 25.4 Å². The molecule has 1 fully saturated rings. The standard InChI is InChI=1S/C16H19F3N4OS/c1-24-14-7-3-2-6-13(14)22-10-20-23(15(22)25)11-21-8-4-5-12(9-21)16(17,18)19/h2-3,6-7,10,12H,4-5,8-9,11H2,1H3. The molecule has 0 bridgehead atoms. The van der Waals surface area contributed by atoms with Crippen LogP contribution in [0.1, 0.15) is 12.8 Å². The van der Waals surface area contributed by atoms with Gasteiger partial charge in [0.25, 0.3) is 0 Å². The van der Waals surface area contributed by atoms with E-state index in [4.69, 9.17) is 17.0 Å². The Kier molecular flexibility index (Phi) is 5.14. The number of hydrogen-bond donors (Lipinski definition) is 0. The summed E-state index contributed by atoms with van der Waals surface area (Å²) in [5.41, 5.74) is 0.744. The Hall–Kier alpha value is -1.87. The van der Waals surface area contributed by atoms with Crippen molar-refractivity contribution in [2.75, 3.05) is 20.2 Å². The van der Waals surface area contributed by atoms with Crippen molar-refractivity contribution in [3.8, 4) is 11.4 Å². The highest BCUT2D eigenvalue weighted by atomic mass is 32.1. The van der Waals surface area contributed by atoms with Gasteiger partial charge in [0.1, 0.15) is 12.1 Å². The lowest BCUT2D eigenvalue weighted by molar-refractivity contribution is -0.188. The van der Waals surface area contributed by atoms with Crippen molar-refractivity contribution in [1.82, 2.24) is 19.2 Å². The predicted molar refractivity (Wildman–Crippen MR) is 89.3 cm³/mol. The first-order valence-corrected chi connectivity index (χ1v) is 8.38. The van der Waals surface area contributed by atoms with Crippen LogP contribution < -0.4 is 4.74 Å². The van der Waals surface area contributed by atoms with Crippen LogP contribution in [0.15, 0.2) is 30.6 Å². The molecule has 5 nitrogen and oxygen atoms in total. The topological polar surface area (TPSA) is 35.2 Å². The molecule has 0 saturated carbocycles. The lowest BCUT2D eigenvalue weighted by Gasteiger charge is -2.33. The van der Waals surface area contributed by atoms with Crippen molar-refractivity contribution in [2.45, 2.75) is 25.7 Å². The van der Waals surface area contributed by atoms with Crippen LogP contribution in [0.4, 0.5) is 13.2 Å². The van der Waals surface area contributed by atoms with E-state index in [0.29, 0.717) is 23.5 Å². The number of para-hydroxylation sites is 2. The van der Waals surface area contributed by atoms with E-state index in [1.807, 2.05) is 24.3 Å². The van der Waals surface area contributed by atoms with Gasteiger partial charge in [-0.05, 0) is 43.7 Å². The van der Waals surface area contributed by atoms with Crippen molar-refractivity contribution < 1.29 is 17.9 Å². The molecule has 2 heterocycles. The van der Waals surface area contributed by atoms with Crippen LogP contribution >= 0.6 is 12.2 Å². The van der Waals surface area contributed by atoms with Gasteiger partial charge in [0.15, 0.2) is 0 Å².